The molecular formula is C15H15N3O. The van der Waals surface area contributed by atoms with Crippen molar-refractivity contribution in [2.75, 3.05) is 11.9 Å². The van der Waals surface area contributed by atoms with Gasteiger partial charge in [0.15, 0.2) is 0 Å². The minimum Gasteiger partial charge on any atom is -0.494 e. The number of nitrogens with one attached hydrogen (secondary N) is 1. The van der Waals surface area contributed by atoms with Crippen LogP contribution in [0.3, 0.4) is 0 Å². The maximum atomic E-state index is 8.98. The maximum Gasteiger partial charge on any atom is 0.144 e. The van der Waals surface area contributed by atoms with Crippen LogP contribution in [0.25, 0.3) is 0 Å². The largest absolute Gasteiger partial charge is 0.494 e. The lowest BCUT2D eigenvalue weighted by atomic mass is 10.2. The Morgan fingerprint density at radius 3 is 3.00 bits per heavy atom. The van der Waals surface area contributed by atoms with Crippen LogP contribution >= 0.6 is 0 Å². The van der Waals surface area contributed by atoms with Crippen molar-refractivity contribution in [3.8, 4) is 11.8 Å². The van der Waals surface area contributed by atoms with E-state index in [4.69, 9.17) is 10.00 Å². The number of ether oxygens (including phenoxy) is 1. The number of aromatic nitrogens is 1. The Hall–Kier alpha value is -2.54. The molecule has 4 nitrogen and oxygen atoms in total. The second kappa shape index (κ2) is 6.41. The molecule has 0 aliphatic heterocycles. The SMILES string of the molecule is CCOc1cccc(CNc2ncccc2C#N)c1. The fourth-order valence-electron chi connectivity index (χ4n) is 1.73. The highest BCUT2D eigenvalue weighted by Gasteiger charge is 2.02. The van der Waals surface area contributed by atoms with E-state index in [2.05, 4.69) is 16.4 Å². The van der Waals surface area contributed by atoms with Gasteiger partial charge >= 0.3 is 0 Å². The van der Waals surface area contributed by atoms with Crippen LogP contribution < -0.4 is 10.1 Å². The molecule has 1 aromatic carbocycles. The number of hydrogen-bond donors (Lipinski definition) is 1. The quantitative estimate of drug-likeness (QED) is 0.890. The molecule has 0 bridgehead atoms. The van der Waals surface area contributed by atoms with Crippen LogP contribution in [0, 0.1) is 11.3 Å². The summed E-state index contributed by atoms with van der Waals surface area (Å²) in [7, 11) is 0. The van der Waals surface area contributed by atoms with Crippen molar-refractivity contribution in [1.29, 1.82) is 5.26 Å². The van der Waals surface area contributed by atoms with Crippen LogP contribution in [0.2, 0.25) is 0 Å². The predicted molar refractivity (Wildman–Crippen MR) is 73.9 cm³/mol. The highest BCUT2D eigenvalue weighted by atomic mass is 16.5. The topological polar surface area (TPSA) is 57.9 Å². The Bertz CT molecular complexity index is 590. The molecule has 2 rings (SSSR count). The van der Waals surface area contributed by atoms with Crippen LogP contribution in [0.1, 0.15) is 18.1 Å². The minimum atomic E-state index is 0.545. The Labute approximate surface area is 112 Å². The lowest BCUT2D eigenvalue weighted by molar-refractivity contribution is 0.340. The van der Waals surface area contributed by atoms with Gasteiger partial charge in [-0.3, -0.25) is 0 Å². The minimum absolute atomic E-state index is 0.545. The second-order valence-electron chi connectivity index (χ2n) is 3.95. The second-order valence-corrected chi connectivity index (χ2v) is 3.95. The summed E-state index contributed by atoms with van der Waals surface area (Å²) >= 11 is 0. The standard InChI is InChI=1S/C15H15N3O/c1-2-19-14-7-3-5-12(9-14)11-18-15-13(10-16)6-4-8-17-15/h3-9H,2,11H2,1H3,(H,17,18). The van der Waals surface area contributed by atoms with E-state index in [0.29, 0.717) is 24.5 Å². The zero-order valence-corrected chi connectivity index (χ0v) is 10.8. The van der Waals surface area contributed by atoms with Gasteiger partial charge in [0, 0.05) is 12.7 Å². The number of hydrogen-bond acceptors (Lipinski definition) is 4. The van der Waals surface area contributed by atoms with E-state index in [1.807, 2.05) is 31.2 Å². The van der Waals surface area contributed by atoms with E-state index in [-0.39, 0.29) is 0 Å². The van der Waals surface area contributed by atoms with Crippen molar-refractivity contribution in [3.05, 3.63) is 53.7 Å². The van der Waals surface area contributed by atoms with Crippen LogP contribution in [0.5, 0.6) is 5.75 Å². The maximum absolute atomic E-state index is 8.98. The van der Waals surface area contributed by atoms with E-state index in [0.717, 1.165) is 11.3 Å². The molecule has 0 saturated heterocycles. The van der Waals surface area contributed by atoms with Gasteiger partial charge in [-0.2, -0.15) is 5.26 Å². The summed E-state index contributed by atoms with van der Waals surface area (Å²) in [6.45, 7) is 3.21. The molecule has 2 aromatic rings. The normalized spacial score (nSPS) is 9.68. The van der Waals surface area contributed by atoms with E-state index in [1.165, 1.54) is 0 Å². The van der Waals surface area contributed by atoms with Gasteiger partial charge in [0.2, 0.25) is 0 Å². The lowest BCUT2D eigenvalue weighted by Gasteiger charge is -2.08. The molecule has 0 radical (unpaired) electrons. The number of benzene rings is 1. The van der Waals surface area contributed by atoms with E-state index < -0.39 is 0 Å². The number of pyridine rings is 1. The van der Waals surface area contributed by atoms with Crippen LogP contribution in [0.4, 0.5) is 5.82 Å². The summed E-state index contributed by atoms with van der Waals surface area (Å²) in [6.07, 6.45) is 1.67. The van der Waals surface area contributed by atoms with Gasteiger partial charge in [0.25, 0.3) is 0 Å². The van der Waals surface area contributed by atoms with Crippen LogP contribution in [-0.4, -0.2) is 11.6 Å². The molecule has 0 aliphatic carbocycles. The summed E-state index contributed by atoms with van der Waals surface area (Å²) < 4.78 is 5.45. The third-order valence-electron chi connectivity index (χ3n) is 2.60. The first-order valence-electron chi connectivity index (χ1n) is 6.14. The monoisotopic (exact) mass is 253 g/mol. The third-order valence-corrected chi connectivity index (χ3v) is 2.60. The van der Waals surface area contributed by atoms with E-state index in [1.54, 1.807) is 18.3 Å². The zero-order chi connectivity index (χ0) is 13.5. The number of anilines is 1. The molecule has 0 fully saturated rings. The third kappa shape index (κ3) is 3.46. The average molecular weight is 253 g/mol. The fourth-order valence-corrected chi connectivity index (χ4v) is 1.73. The van der Waals surface area contributed by atoms with Crippen LogP contribution in [-0.2, 0) is 6.54 Å². The first-order chi connectivity index (χ1) is 9.33. The van der Waals surface area contributed by atoms with Gasteiger partial charge in [-0.1, -0.05) is 12.1 Å². The van der Waals surface area contributed by atoms with Crippen LogP contribution in [0.15, 0.2) is 42.6 Å². The first kappa shape index (κ1) is 12.9. The summed E-state index contributed by atoms with van der Waals surface area (Å²) in [5, 5.41) is 12.1. The summed E-state index contributed by atoms with van der Waals surface area (Å²) in [4.78, 5) is 4.16. The van der Waals surface area contributed by atoms with Gasteiger partial charge < -0.3 is 10.1 Å². The molecule has 0 saturated carbocycles. The van der Waals surface area contributed by atoms with E-state index >= 15 is 0 Å². The molecule has 1 heterocycles. The smallest absolute Gasteiger partial charge is 0.144 e. The van der Waals surface area contributed by atoms with Crippen molar-refractivity contribution in [2.45, 2.75) is 13.5 Å². The molecule has 0 amide bonds. The highest BCUT2D eigenvalue weighted by Crippen LogP contribution is 2.15. The molecule has 4 heteroatoms. The van der Waals surface area contributed by atoms with Crippen molar-refractivity contribution in [1.82, 2.24) is 4.98 Å². The van der Waals surface area contributed by atoms with Crippen molar-refractivity contribution < 1.29 is 4.74 Å². The highest BCUT2D eigenvalue weighted by molar-refractivity contribution is 5.51. The molecule has 0 atom stereocenters. The molecule has 1 aromatic heterocycles. The van der Waals surface area contributed by atoms with Gasteiger partial charge in [0.1, 0.15) is 17.6 Å². The predicted octanol–water partition coefficient (Wildman–Crippen LogP) is 2.96. The average Bonchev–Trinajstić information content (AvgIpc) is 2.46. The van der Waals surface area contributed by atoms with Gasteiger partial charge in [-0.15, -0.1) is 0 Å². The summed E-state index contributed by atoms with van der Waals surface area (Å²) in [5.74, 6) is 1.45. The Morgan fingerprint density at radius 2 is 2.21 bits per heavy atom. The van der Waals surface area contributed by atoms with Gasteiger partial charge in [0.05, 0.1) is 12.2 Å². The molecule has 0 aliphatic rings. The molecule has 96 valence electrons. The van der Waals surface area contributed by atoms with Crippen molar-refractivity contribution in [2.24, 2.45) is 0 Å². The molecular weight excluding hydrogens is 238 g/mol. The Kier molecular flexibility index (Phi) is 4.35. The molecule has 19 heavy (non-hydrogen) atoms. The fraction of sp³-hybridized carbons (Fsp3) is 0.200. The summed E-state index contributed by atoms with van der Waals surface area (Å²) in [5.41, 5.74) is 1.63. The van der Waals surface area contributed by atoms with Crippen molar-refractivity contribution in [3.63, 3.8) is 0 Å². The molecule has 1 N–H and O–H groups in total. The van der Waals surface area contributed by atoms with Gasteiger partial charge in [-0.05, 0) is 36.8 Å². The Balaban J connectivity index is 2.06. The van der Waals surface area contributed by atoms with Gasteiger partial charge in [-0.25, -0.2) is 4.98 Å². The summed E-state index contributed by atoms with van der Waals surface area (Å²) in [6, 6.07) is 13.5. The lowest BCUT2D eigenvalue weighted by Crippen LogP contribution is -2.03. The molecule has 0 unspecified atom stereocenters. The van der Waals surface area contributed by atoms with E-state index in [9.17, 15) is 0 Å². The number of nitriles is 1. The molecule has 0 spiro atoms. The number of rotatable bonds is 5. The zero-order valence-electron chi connectivity index (χ0n) is 10.8. The first-order valence-corrected chi connectivity index (χ1v) is 6.14. The van der Waals surface area contributed by atoms with Crippen molar-refractivity contribution >= 4 is 5.82 Å². The Morgan fingerprint density at radius 1 is 1.32 bits per heavy atom. The number of nitrogens with zero attached hydrogens (tertiary/aromatic N) is 2.